The molecule has 0 N–H and O–H groups in total. The van der Waals surface area contributed by atoms with Gasteiger partial charge in [0.25, 0.3) is 12.3 Å². The van der Waals surface area contributed by atoms with Crippen LogP contribution in [0.2, 0.25) is 5.15 Å². The van der Waals surface area contributed by atoms with Crippen LogP contribution in [0.25, 0.3) is 0 Å². The molecule has 126 valence electrons. The lowest BCUT2D eigenvalue weighted by Gasteiger charge is -2.24. The van der Waals surface area contributed by atoms with Gasteiger partial charge in [-0.05, 0) is 30.7 Å². The molecule has 0 saturated heterocycles. The van der Waals surface area contributed by atoms with E-state index < -0.39 is 13.0 Å². The molecule has 0 radical (unpaired) electrons. The first-order valence-corrected chi connectivity index (χ1v) is 7.80. The molecule has 1 aromatic carbocycles. The minimum Gasteiger partial charge on any atom is -0.488 e. The Labute approximate surface area is 143 Å². The molecule has 0 spiro atoms. The SMILES string of the molecule is CC(c1ccc(OCC(F)F)cc1)N1Cc2c(ccnc2Cl)C1=O. The molecule has 1 atom stereocenters. The van der Waals surface area contributed by atoms with E-state index in [2.05, 4.69) is 4.98 Å². The van der Waals surface area contributed by atoms with E-state index in [1.165, 1.54) is 6.20 Å². The minimum absolute atomic E-state index is 0.0974. The highest BCUT2D eigenvalue weighted by molar-refractivity contribution is 6.30. The first-order valence-electron chi connectivity index (χ1n) is 7.42. The molecule has 0 saturated carbocycles. The number of nitrogens with zero attached hydrogens (tertiary/aromatic N) is 2. The Bertz CT molecular complexity index is 753. The number of ether oxygens (including phenoxy) is 1. The fourth-order valence-corrected chi connectivity index (χ4v) is 2.93. The van der Waals surface area contributed by atoms with Crippen LogP contribution in [0.15, 0.2) is 36.5 Å². The summed E-state index contributed by atoms with van der Waals surface area (Å²) in [6, 6.07) is 8.25. The van der Waals surface area contributed by atoms with E-state index >= 15 is 0 Å². The van der Waals surface area contributed by atoms with Gasteiger partial charge < -0.3 is 9.64 Å². The molecule has 1 aliphatic rings. The molecule has 3 rings (SSSR count). The van der Waals surface area contributed by atoms with Crippen molar-refractivity contribution in [3.63, 3.8) is 0 Å². The topological polar surface area (TPSA) is 42.4 Å². The molecule has 0 fully saturated rings. The molecule has 1 amide bonds. The van der Waals surface area contributed by atoms with Gasteiger partial charge in [-0.15, -0.1) is 0 Å². The molecule has 4 nitrogen and oxygen atoms in total. The molecule has 24 heavy (non-hydrogen) atoms. The number of fused-ring (bicyclic) bond motifs is 1. The van der Waals surface area contributed by atoms with Gasteiger partial charge in [-0.1, -0.05) is 23.7 Å². The van der Waals surface area contributed by atoms with E-state index in [-0.39, 0.29) is 11.9 Å². The van der Waals surface area contributed by atoms with Crippen molar-refractivity contribution in [2.75, 3.05) is 6.61 Å². The molecule has 0 bridgehead atoms. The highest BCUT2D eigenvalue weighted by atomic mass is 35.5. The van der Waals surface area contributed by atoms with Gasteiger partial charge in [0, 0.05) is 17.3 Å². The van der Waals surface area contributed by atoms with Crippen molar-refractivity contribution in [3.8, 4) is 5.75 Å². The van der Waals surface area contributed by atoms with Crippen LogP contribution < -0.4 is 4.74 Å². The zero-order valence-electron chi connectivity index (χ0n) is 12.9. The lowest BCUT2D eigenvalue weighted by atomic mass is 10.1. The standard InChI is InChI=1S/C17H15ClF2N2O2/c1-10(11-2-4-12(5-3-11)24-9-15(19)20)22-8-14-13(17(22)23)6-7-21-16(14)18/h2-7,10,15H,8-9H2,1H3. The van der Waals surface area contributed by atoms with Gasteiger partial charge in [0.15, 0.2) is 0 Å². The van der Waals surface area contributed by atoms with Gasteiger partial charge in [0.1, 0.15) is 17.5 Å². The second-order valence-electron chi connectivity index (χ2n) is 5.51. The van der Waals surface area contributed by atoms with Gasteiger partial charge in [-0.3, -0.25) is 4.79 Å². The first kappa shape index (κ1) is 16.6. The molecule has 0 aliphatic carbocycles. The van der Waals surface area contributed by atoms with Crippen molar-refractivity contribution < 1.29 is 18.3 Å². The van der Waals surface area contributed by atoms with Crippen molar-refractivity contribution in [3.05, 3.63) is 58.4 Å². The number of alkyl halides is 2. The predicted octanol–water partition coefficient (Wildman–Crippen LogP) is 4.10. The Morgan fingerprint density at radius 1 is 1.29 bits per heavy atom. The Morgan fingerprint density at radius 2 is 2.00 bits per heavy atom. The first-order chi connectivity index (χ1) is 11.5. The van der Waals surface area contributed by atoms with Crippen LogP contribution in [-0.2, 0) is 6.54 Å². The van der Waals surface area contributed by atoms with Gasteiger partial charge in [0.05, 0.1) is 12.6 Å². The summed E-state index contributed by atoms with van der Waals surface area (Å²) in [5, 5.41) is 0.339. The van der Waals surface area contributed by atoms with Crippen LogP contribution in [0.3, 0.4) is 0 Å². The Balaban J connectivity index is 1.75. The number of halogens is 3. The molecule has 1 unspecified atom stereocenters. The Hall–Kier alpha value is -2.21. The van der Waals surface area contributed by atoms with Gasteiger partial charge >= 0.3 is 0 Å². The van der Waals surface area contributed by atoms with E-state index in [1.54, 1.807) is 35.2 Å². The monoisotopic (exact) mass is 352 g/mol. The fourth-order valence-electron chi connectivity index (χ4n) is 2.71. The maximum atomic E-state index is 12.5. The zero-order valence-corrected chi connectivity index (χ0v) is 13.6. The van der Waals surface area contributed by atoms with E-state index in [0.717, 1.165) is 11.1 Å². The number of hydrogen-bond acceptors (Lipinski definition) is 3. The molecule has 7 heteroatoms. The summed E-state index contributed by atoms with van der Waals surface area (Å²) in [6.45, 7) is 1.66. The summed E-state index contributed by atoms with van der Waals surface area (Å²) in [7, 11) is 0. The van der Waals surface area contributed by atoms with Crippen molar-refractivity contribution in [2.24, 2.45) is 0 Å². The van der Waals surface area contributed by atoms with Crippen molar-refractivity contribution >= 4 is 17.5 Å². The van der Waals surface area contributed by atoms with Crippen LogP contribution in [0, 0.1) is 0 Å². The molecule has 1 aromatic heterocycles. The number of amides is 1. The second kappa shape index (κ2) is 6.73. The normalized spacial score (nSPS) is 14.9. The number of rotatable bonds is 5. The molecule has 2 aromatic rings. The molecule has 1 aliphatic heterocycles. The molecule has 2 heterocycles. The van der Waals surface area contributed by atoms with Gasteiger partial charge in [-0.2, -0.15) is 0 Å². The molecular formula is C17H15ClF2N2O2. The summed E-state index contributed by atoms with van der Waals surface area (Å²) < 4.78 is 29.3. The maximum Gasteiger partial charge on any atom is 0.272 e. The van der Waals surface area contributed by atoms with Crippen molar-refractivity contribution in [1.29, 1.82) is 0 Å². The average Bonchev–Trinajstić information content (AvgIpc) is 2.91. The van der Waals surface area contributed by atoms with Crippen LogP contribution in [0.5, 0.6) is 5.75 Å². The zero-order chi connectivity index (χ0) is 17.3. The third-order valence-corrected chi connectivity index (χ3v) is 4.35. The quantitative estimate of drug-likeness (QED) is 0.761. The van der Waals surface area contributed by atoms with Crippen molar-refractivity contribution in [2.45, 2.75) is 25.9 Å². The lowest BCUT2D eigenvalue weighted by Crippen LogP contribution is -2.27. The summed E-state index contributed by atoms with van der Waals surface area (Å²) in [6.07, 6.45) is -0.995. The van der Waals surface area contributed by atoms with E-state index in [9.17, 15) is 13.6 Å². The van der Waals surface area contributed by atoms with E-state index in [0.29, 0.717) is 23.0 Å². The highest BCUT2D eigenvalue weighted by Gasteiger charge is 2.33. The fraction of sp³-hybridized carbons (Fsp3) is 0.294. The number of hydrogen-bond donors (Lipinski definition) is 0. The highest BCUT2D eigenvalue weighted by Crippen LogP contribution is 2.34. The van der Waals surface area contributed by atoms with E-state index in [1.807, 2.05) is 6.92 Å². The largest absolute Gasteiger partial charge is 0.488 e. The lowest BCUT2D eigenvalue weighted by molar-refractivity contribution is 0.0715. The third kappa shape index (κ3) is 3.19. The third-order valence-electron chi connectivity index (χ3n) is 4.03. The number of carbonyl (C=O) groups is 1. The van der Waals surface area contributed by atoms with Crippen molar-refractivity contribution in [1.82, 2.24) is 9.88 Å². The average molecular weight is 353 g/mol. The summed E-state index contributed by atoms with van der Waals surface area (Å²) in [5.74, 6) is 0.273. The van der Waals surface area contributed by atoms with Gasteiger partial charge in [0.2, 0.25) is 0 Å². The van der Waals surface area contributed by atoms with Crippen LogP contribution >= 0.6 is 11.6 Å². The maximum absolute atomic E-state index is 12.5. The van der Waals surface area contributed by atoms with E-state index in [4.69, 9.17) is 16.3 Å². The van der Waals surface area contributed by atoms with Gasteiger partial charge in [-0.25, -0.2) is 13.8 Å². The number of carbonyl (C=O) groups excluding carboxylic acids is 1. The minimum atomic E-state index is -2.51. The number of aromatic nitrogens is 1. The number of pyridine rings is 1. The summed E-state index contributed by atoms with van der Waals surface area (Å²) in [4.78, 5) is 18.2. The summed E-state index contributed by atoms with van der Waals surface area (Å²) >= 11 is 6.06. The van der Waals surface area contributed by atoms with Crippen LogP contribution in [0.1, 0.15) is 34.5 Å². The number of benzene rings is 1. The van der Waals surface area contributed by atoms with Crippen LogP contribution in [-0.4, -0.2) is 28.8 Å². The smallest absolute Gasteiger partial charge is 0.272 e. The predicted molar refractivity (Wildman–Crippen MR) is 85.5 cm³/mol. The Kier molecular flexibility index (Phi) is 4.66. The molecular weight excluding hydrogens is 338 g/mol. The van der Waals surface area contributed by atoms with Crippen LogP contribution in [0.4, 0.5) is 8.78 Å². The Morgan fingerprint density at radius 3 is 2.62 bits per heavy atom. The summed E-state index contributed by atoms with van der Waals surface area (Å²) in [5.41, 5.74) is 2.18. The second-order valence-corrected chi connectivity index (χ2v) is 5.87.